The molecule has 76 valence electrons. The maximum atomic E-state index is 3.84. The summed E-state index contributed by atoms with van der Waals surface area (Å²) in [6.07, 6.45) is 6.72. The van der Waals surface area contributed by atoms with E-state index >= 15 is 0 Å². The van der Waals surface area contributed by atoms with Gasteiger partial charge in [0, 0.05) is 16.5 Å². The Morgan fingerprint density at radius 2 is 2.21 bits per heavy atom. The van der Waals surface area contributed by atoms with Crippen LogP contribution in [-0.2, 0) is 12.0 Å². The van der Waals surface area contributed by atoms with Crippen molar-refractivity contribution in [3.63, 3.8) is 0 Å². The van der Waals surface area contributed by atoms with E-state index in [0.29, 0.717) is 11.6 Å². The average Bonchev–Trinajstić information content (AvgIpc) is 2.73. The van der Waals surface area contributed by atoms with Crippen LogP contribution in [0.25, 0.3) is 0 Å². The molecular formula is C12H17NS. The van der Waals surface area contributed by atoms with Crippen molar-refractivity contribution >= 4 is 11.3 Å². The number of hydrogen-bond acceptors (Lipinski definition) is 2. The van der Waals surface area contributed by atoms with Crippen LogP contribution in [-0.4, -0.2) is 6.04 Å². The summed E-state index contributed by atoms with van der Waals surface area (Å²) in [6, 6.07) is 3.02. The first kappa shape index (κ1) is 8.93. The molecule has 0 aromatic carbocycles. The first-order valence-electron chi connectivity index (χ1n) is 5.65. The molecule has 2 heteroatoms. The van der Waals surface area contributed by atoms with Crippen molar-refractivity contribution in [2.75, 3.05) is 0 Å². The Kier molecular flexibility index (Phi) is 1.96. The van der Waals surface area contributed by atoms with Crippen molar-refractivity contribution in [2.45, 2.75) is 50.6 Å². The molecule has 0 bridgehead atoms. The maximum Gasteiger partial charge on any atom is 0.0447 e. The minimum absolute atomic E-state index is 0.368. The van der Waals surface area contributed by atoms with Gasteiger partial charge in [0.25, 0.3) is 0 Å². The van der Waals surface area contributed by atoms with Crippen LogP contribution in [0.4, 0.5) is 0 Å². The largest absolute Gasteiger partial charge is 0.304 e. The Hall–Kier alpha value is -0.340. The van der Waals surface area contributed by atoms with Gasteiger partial charge in [-0.1, -0.05) is 12.8 Å². The lowest BCUT2D eigenvalue weighted by molar-refractivity contribution is 0.282. The zero-order chi connectivity index (χ0) is 9.60. The molecule has 1 fully saturated rings. The van der Waals surface area contributed by atoms with E-state index in [1.807, 2.05) is 11.3 Å². The Morgan fingerprint density at radius 1 is 1.43 bits per heavy atom. The molecule has 1 aromatic rings. The van der Waals surface area contributed by atoms with E-state index < -0.39 is 0 Å². The zero-order valence-corrected chi connectivity index (χ0v) is 9.49. The van der Waals surface area contributed by atoms with Crippen molar-refractivity contribution in [3.8, 4) is 0 Å². The second-order valence-electron chi connectivity index (χ2n) is 4.80. The third kappa shape index (κ3) is 1.17. The zero-order valence-electron chi connectivity index (χ0n) is 8.68. The van der Waals surface area contributed by atoms with Gasteiger partial charge >= 0.3 is 0 Å². The highest BCUT2D eigenvalue weighted by Gasteiger charge is 2.41. The molecule has 1 nitrogen and oxygen atoms in total. The quantitative estimate of drug-likeness (QED) is 0.689. The van der Waals surface area contributed by atoms with Crippen molar-refractivity contribution < 1.29 is 0 Å². The normalized spacial score (nSPS) is 29.4. The first-order valence-corrected chi connectivity index (χ1v) is 6.53. The van der Waals surface area contributed by atoms with E-state index in [2.05, 4.69) is 23.7 Å². The molecule has 0 saturated heterocycles. The number of rotatable bonds is 0. The van der Waals surface area contributed by atoms with Gasteiger partial charge in [0.2, 0.25) is 0 Å². The van der Waals surface area contributed by atoms with Gasteiger partial charge in [-0.2, -0.15) is 0 Å². The van der Waals surface area contributed by atoms with Gasteiger partial charge in [0.15, 0.2) is 0 Å². The molecule has 14 heavy (non-hydrogen) atoms. The number of thiophene rings is 1. The number of hydrogen-bond donors (Lipinski definition) is 1. The van der Waals surface area contributed by atoms with Gasteiger partial charge in [-0.25, -0.2) is 0 Å². The third-order valence-electron chi connectivity index (χ3n) is 3.73. The van der Waals surface area contributed by atoms with Gasteiger partial charge in [-0.3, -0.25) is 0 Å². The second-order valence-corrected chi connectivity index (χ2v) is 5.80. The van der Waals surface area contributed by atoms with Crippen LogP contribution in [0.5, 0.6) is 0 Å². The predicted molar refractivity (Wildman–Crippen MR) is 60.8 cm³/mol. The van der Waals surface area contributed by atoms with Crippen LogP contribution in [0.3, 0.4) is 0 Å². The highest BCUT2D eigenvalue weighted by Crippen LogP contribution is 2.44. The smallest absolute Gasteiger partial charge is 0.0447 e. The summed E-state index contributed by atoms with van der Waals surface area (Å²) in [7, 11) is 0. The average molecular weight is 207 g/mol. The van der Waals surface area contributed by atoms with Crippen molar-refractivity contribution in [1.29, 1.82) is 0 Å². The van der Waals surface area contributed by atoms with E-state index in [9.17, 15) is 0 Å². The summed E-state index contributed by atoms with van der Waals surface area (Å²) in [5, 5.41) is 6.11. The van der Waals surface area contributed by atoms with E-state index in [1.165, 1.54) is 32.1 Å². The van der Waals surface area contributed by atoms with E-state index in [-0.39, 0.29) is 0 Å². The summed E-state index contributed by atoms with van der Waals surface area (Å²) >= 11 is 1.95. The fourth-order valence-corrected chi connectivity index (χ4v) is 4.30. The standard InChI is InChI=1S/C12H17NS/c1-9-8-11-10(4-7-14-11)12(13-9)5-2-3-6-12/h4,7,9,13H,2-3,5-6,8H2,1H3. The minimum atomic E-state index is 0.368. The molecule has 0 radical (unpaired) electrons. The molecule has 1 aliphatic carbocycles. The molecule has 1 unspecified atom stereocenters. The molecule has 1 saturated carbocycles. The second kappa shape index (κ2) is 3.07. The van der Waals surface area contributed by atoms with E-state index in [1.54, 1.807) is 10.4 Å². The Labute approximate surface area is 89.5 Å². The van der Waals surface area contributed by atoms with Crippen LogP contribution < -0.4 is 5.32 Å². The van der Waals surface area contributed by atoms with Gasteiger partial charge in [0.1, 0.15) is 0 Å². The monoisotopic (exact) mass is 207 g/mol. The van der Waals surface area contributed by atoms with Crippen molar-refractivity contribution in [1.82, 2.24) is 5.32 Å². The minimum Gasteiger partial charge on any atom is -0.304 e. The molecule has 2 aliphatic rings. The maximum absolute atomic E-state index is 3.84. The molecule has 1 atom stereocenters. The SMILES string of the molecule is CC1Cc2sccc2C2(CCCC2)N1. The summed E-state index contributed by atoms with van der Waals surface area (Å²) in [5.41, 5.74) is 1.99. The van der Waals surface area contributed by atoms with E-state index in [4.69, 9.17) is 0 Å². The van der Waals surface area contributed by atoms with Gasteiger partial charge in [0.05, 0.1) is 0 Å². The highest BCUT2D eigenvalue weighted by atomic mass is 32.1. The number of nitrogens with one attached hydrogen (secondary N) is 1. The van der Waals surface area contributed by atoms with E-state index in [0.717, 1.165) is 0 Å². The summed E-state index contributed by atoms with van der Waals surface area (Å²) < 4.78 is 0. The van der Waals surface area contributed by atoms with Crippen LogP contribution in [0.1, 0.15) is 43.0 Å². The molecule has 1 N–H and O–H groups in total. The topological polar surface area (TPSA) is 12.0 Å². The number of fused-ring (bicyclic) bond motifs is 2. The molecule has 2 heterocycles. The molecule has 1 aliphatic heterocycles. The fraction of sp³-hybridized carbons (Fsp3) is 0.667. The Balaban J connectivity index is 2.07. The Bertz CT molecular complexity index is 336. The molecule has 0 amide bonds. The summed E-state index contributed by atoms with van der Waals surface area (Å²) in [4.78, 5) is 1.64. The van der Waals surface area contributed by atoms with Gasteiger partial charge in [-0.05, 0) is 43.2 Å². The first-order chi connectivity index (χ1) is 6.80. The predicted octanol–water partition coefficient (Wildman–Crippen LogP) is 3.05. The molecule has 1 spiro atoms. The highest BCUT2D eigenvalue weighted by molar-refractivity contribution is 7.10. The van der Waals surface area contributed by atoms with Crippen LogP contribution in [0.15, 0.2) is 11.4 Å². The van der Waals surface area contributed by atoms with Gasteiger partial charge < -0.3 is 5.32 Å². The van der Waals surface area contributed by atoms with Crippen LogP contribution in [0, 0.1) is 0 Å². The van der Waals surface area contributed by atoms with Crippen LogP contribution in [0.2, 0.25) is 0 Å². The van der Waals surface area contributed by atoms with Gasteiger partial charge in [-0.15, -0.1) is 11.3 Å². The molecule has 3 rings (SSSR count). The fourth-order valence-electron chi connectivity index (χ4n) is 3.20. The Morgan fingerprint density at radius 3 is 3.00 bits per heavy atom. The van der Waals surface area contributed by atoms with Crippen molar-refractivity contribution in [2.24, 2.45) is 0 Å². The summed E-state index contributed by atoms with van der Waals surface area (Å²) in [5.74, 6) is 0. The third-order valence-corrected chi connectivity index (χ3v) is 4.68. The van der Waals surface area contributed by atoms with Crippen LogP contribution >= 0.6 is 11.3 Å². The lowest BCUT2D eigenvalue weighted by Crippen LogP contribution is -2.49. The molecule has 1 aromatic heterocycles. The molecular weight excluding hydrogens is 190 g/mol. The van der Waals surface area contributed by atoms with Crippen molar-refractivity contribution in [3.05, 3.63) is 21.9 Å². The lowest BCUT2D eigenvalue weighted by atomic mass is 9.83. The lowest BCUT2D eigenvalue weighted by Gasteiger charge is -2.38. The summed E-state index contributed by atoms with van der Waals surface area (Å²) in [6.45, 7) is 2.32.